The molecular formula is C14H15BrN4O. The zero-order valence-electron chi connectivity index (χ0n) is 10.9. The molecular weight excluding hydrogens is 320 g/mol. The van der Waals surface area contributed by atoms with E-state index < -0.39 is 0 Å². The highest BCUT2D eigenvalue weighted by molar-refractivity contribution is 9.10. The van der Waals surface area contributed by atoms with Crippen molar-refractivity contribution in [2.24, 2.45) is 5.73 Å². The monoisotopic (exact) mass is 334 g/mol. The molecule has 104 valence electrons. The number of halogens is 1. The van der Waals surface area contributed by atoms with E-state index in [0.717, 1.165) is 23.1 Å². The van der Waals surface area contributed by atoms with Crippen molar-refractivity contribution in [2.45, 2.75) is 12.5 Å². The number of benzene rings is 1. The third kappa shape index (κ3) is 2.62. The van der Waals surface area contributed by atoms with Gasteiger partial charge in [0.1, 0.15) is 0 Å². The molecule has 0 bridgehead atoms. The first-order valence-electron chi connectivity index (χ1n) is 6.49. The molecule has 1 aromatic carbocycles. The number of nitrogens with zero attached hydrogens (tertiary/aromatic N) is 3. The molecule has 20 heavy (non-hydrogen) atoms. The van der Waals surface area contributed by atoms with Crippen LogP contribution in [-0.4, -0.2) is 39.7 Å². The van der Waals surface area contributed by atoms with E-state index in [4.69, 9.17) is 5.73 Å². The number of carbonyl (C=O) groups is 1. The minimum Gasteiger partial charge on any atom is -0.337 e. The maximum Gasteiger partial charge on any atom is 0.257 e. The van der Waals surface area contributed by atoms with E-state index in [1.54, 1.807) is 22.0 Å². The molecule has 1 fully saturated rings. The van der Waals surface area contributed by atoms with Crippen molar-refractivity contribution in [1.82, 2.24) is 14.7 Å². The molecule has 5 nitrogen and oxygen atoms in total. The van der Waals surface area contributed by atoms with Gasteiger partial charge < -0.3 is 10.6 Å². The number of likely N-dealkylation sites (tertiary alicyclic amines) is 1. The van der Waals surface area contributed by atoms with Gasteiger partial charge in [0.05, 0.1) is 17.4 Å². The SMILES string of the molecule is N[C@H]1CCN(C(=O)c2cnn(-c3cccc(Br)c3)c2)C1. The molecule has 2 N–H and O–H groups in total. The van der Waals surface area contributed by atoms with Gasteiger partial charge in [0.25, 0.3) is 5.91 Å². The first kappa shape index (κ1) is 13.3. The highest BCUT2D eigenvalue weighted by atomic mass is 79.9. The average molecular weight is 335 g/mol. The van der Waals surface area contributed by atoms with Crippen LogP contribution in [0.2, 0.25) is 0 Å². The summed E-state index contributed by atoms with van der Waals surface area (Å²) >= 11 is 3.43. The van der Waals surface area contributed by atoms with Crippen molar-refractivity contribution < 1.29 is 4.79 Å². The van der Waals surface area contributed by atoms with Crippen LogP contribution in [0, 0.1) is 0 Å². The van der Waals surface area contributed by atoms with Crippen LogP contribution in [0.3, 0.4) is 0 Å². The molecule has 0 aliphatic carbocycles. The molecule has 1 aromatic heterocycles. The minimum atomic E-state index is -0.000744. The molecule has 0 unspecified atom stereocenters. The molecule has 1 amide bonds. The Labute approximate surface area is 125 Å². The van der Waals surface area contributed by atoms with E-state index in [9.17, 15) is 4.79 Å². The van der Waals surface area contributed by atoms with Gasteiger partial charge in [-0.15, -0.1) is 0 Å². The number of hydrogen-bond donors (Lipinski definition) is 1. The first-order valence-corrected chi connectivity index (χ1v) is 7.28. The van der Waals surface area contributed by atoms with Gasteiger partial charge in [-0.05, 0) is 24.6 Å². The zero-order chi connectivity index (χ0) is 14.1. The van der Waals surface area contributed by atoms with Crippen LogP contribution in [0.15, 0.2) is 41.1 Å². The quantitative estimate of drug-likeness (QED) is 0.910. The van der Waals surface area contributed by atoms with Gasteiger partial charge in [-0.25, -0.2) is 4.68 Å². The molecule has 3 rings (SSSR count). The second-order valence-corrected chi connectivity index (χ2v) is 5.87. The van der Waals surface area contributed by atoms with E-state index in [1.807, 2.05) is 24.3 Å². The highest BCUT2D eigenvalue weighted by Gasteiger charge is 2.25. The Bertz CT molecular complexity index is 640. The fourth-order valence-electron chi connectivity index (χ4n) is 2.35. The van der Waals surface area contributed by atoms with Gasteiger partial charge in [0, 0.05) is 29.8 Å². The lowest BCUT2D eigenvalue weighted by molar-refractivity contribution is 0.0791. The Hall–Kier alpha value is -1.66. The van der Waals surface area contributed by atoms with Crippen LogP contribution in [0.1, 0.15) is 16.8 Å². The third-order valence-corrected chi connectivity index (χ3v) is 3.91. The van der Waals surface area contributed by atoms with Crippen LogP contribution in [0.25, 0.3) is 5.69 Å². The lowest BCUT2D eigenvalue weighted by atomic mass is 10.3. The van der Waals surface area contributed by atoms with Crippen LogP contribution >= 0.6 is 15.9 Å². The largest absolute Gasteiger partial charge is 0.337 e. The van der Waals surface area contributed by atoms with Crippen LogP contribution in [-0.2, 0) is 0 Å². The summed E-state index contributed by atoms with van der Waals surface area (Å²) in [6.07, 6.45) is 4.23. The number of rotatable bonds is 2. The van der Waals surface area contributed by atoms with E-state index in [2.05, 4.69) is 21.0 Å². The fraction of sp³-hybridized carbons (Fsp3) is 0.286. The summed E-state index contributed by atoms with van der Waals surface area (Å²) in [4.78, 5) is 14.1. The smallest absolute Gasteiger partial charge is 0.257 e. The zero-order valence-corrected chi connectivity index (χ0v) is 12.5. The average Bonchev–Trinajstić information content (AvgIpc) is 3.07. The Morgan fingerprint density at radius 3 is 3.00 bits per heavy atom. The highest BCUT2D eigenvalue weighted by Crippen LogP contribution is 2.17. The van der Waals surface area contributed by atoms with Crippen LogP contribution < -0.4 is 5.73 Å². The van der Waals surface area contributed by atoms with Crippen molar-refractivity contribution in [1.29, 1.82) is 0 Å². The van der Waals surface area contributed by atoms with Crippen molar-refractivity contribution in [3.8, 4) is 5.69 Å². The number of carbonyl (C=O) groups excluding carboxylic acids is 1. The summed E-state index contributed by atoms with van der Waals surface area (Å²) in [5.74, 6) is -0.000744. The van der Waals surface area contributed by atoms with Gasteiger partial charge in [0.15, 0.2) is 0 Å². The van der Waals surface area contributed by atoms with E-state index in [0.29, 0.717) is 12.1 Å². The molecule has 1 atom stereocenters. The predicted octanol–water partition coefficient (Wildman–Crippen LogP) is 1.81. The van der Waals surface area contributed by atoms with Gasteiger partial charge in [0.2, 0.25) is 0 Å². The molecule has 2 heterocycles. The maximum atomic E-state index is 12.3. The first-order chi connectivity index (χ1) is 9.63. The Kier molecular flexibility index (Phi) is 3.58. The minimum absolute atomic E-state index is 0.000744. The second kappa shape index (κ2) is 5.38. The molecule has 2 aromatic rings. The molecule has 1 aliphatic heterocycles. The van der Waals surface area contributed by atoms with Gasteiger partial charge >= 0.3 is 0 Å². The van der Waals surface area contributed by atoms with Gasteiger partial charge in [-0.3, -0.25) is 4.79 Å². The summed E-state index contributed by atoms with van der Waals surface area (Å²) in [7, 11) is 0. The molecule has 1 saturated heterocycles. The topological polar surface area (TPSA) is 64.2 Å². The van der Waals surface area contributed by atoms with Crippen molar-refractivity contribution >= 4 is 21.8 Å². The molecule has 6 heteroatoms. The molecule has 0 spiro atoms. The maximum absolute atomic E-state index is 12.3. The number of aromatic nitrogens is 2. The normalized spacial score (nSPS) is 18.5. The number of nitrogens with two attached hydrogens (primary N) is 1. The molecule has 1 aliphatic rings. The summed E-state index contributed by atoms with van der Waals surface area (Å²) in [6.45, 7) is 1.35. The van der Waals surface area contributed by atoms with E-state index in [-0.39, 0.29) is 11.9 Å². The van der Waals surface area contributed by atoms with E-state index >= 15 is 0 Å². The van der Waals surface area contributed by atoms with Gasteiger partial charge in [-0.1, -0.05) is 22.0 Å². The predicted molar refractivity (Wildman–Crippen MR) is 79.8 cm³/mol. The number of hydrogen-bond acceptors (Lipinski definition) is 3. The standard InChI is InChI=1S/C14H15BrN4O/c15-11-2-1-3-13(6-11)19-8-10(7-17-19)14(20)18-5-4-12(16)9-18/h1-3,6-8,12H,4-5,9,16H2/t12-/m0/s1. The van der Waals surface area contributed by atoms with Crippen LogP contribution in [0.4, 0.5) is 0 Å². The number of amides is 1. The summed E-state index contributed by atoms with van der Waals surface area (Å²) in [5.41, 5.74) is 7.34. The lowest BCUT2D eigenvalue weighted by Crippen LogP contribution is -2.31. The summed E-state index contributed by atoms with van der Waals surface area (Å²) < 4.78 is 2.68. The Morgan fingerprint density at radius 2 is 2.30 bits per heavy atom. The van der Waals surface area contributed by atoms with Crippen molar-refractivity contribution in [2.75, 3.05) is 13.1 Å². The Balaban J connectivity index is 1.81. The van der Waals surface area contributed by atoms with Crippen LogP contribution in [0.5, 0.6) is 0 Å². The summed E-state index contributed by atoms with van der Waals surface area (Å²) in [5, 5.41) is 4.26. The third-order valence-electron chi connectivity index (χ3n) is 3.41. The lowest BCUT2D eigenvalue weighted by Gasteiger charge is -2.14. The molecule has 0 saturated carbocycles. The van der Waals surface area contributed by atoms with Crippen molar-refractivity contribution in [3.63, 3.8) is 0 Å². The Morgan fingerprint density at radius 1 is 1.45 bits per heavy atom. The summed E-state index contributed by atoms with van der Waals surface area (Å²) in [6, 6.07) is 7.87. The van der Waals surface area contributed by atoms with Crippen molar-refractivity contribution in [3.05, 3.63) is 46.7 Å². The molecule has 0 radical (unpaired) electrons. The fourth-order valence-corrected chi connectivity index (χ4v) is 2.73. The van der Waals surface area contributed by atoms with Gasteiger partial charge in [-0.2, -0.15) is 5.10 Å². The van der Waals surface area contributed by atoms with E-state index in [1.165, 1.54) is 0 Å². The second-order valence-electron chi connectivity index (χ2n) is 4.95.